The van der Waals surface area contributed by atoms with E-state index in [2.05, 4.69) is 40.7 Å². The molecular weight excluding hydrogens is 440 g/mol. The van der Waals surface area contributed by atoms with Crippen LogP contribution in [0.2, 0.25) is 0 Å². The molecule has 9 atom stereocenters. The second kappa shape index (κ2) is 7.36. The number of carbonyl (C=O) groups is 2. The van der Waals surface area contributed by atoms with Crippen molar-refractivity contribution in [2.45, 2.75) is 112 Å². The Bertz CT molecular complexity index is 983. The van der Waals surface area contributed by atoms with Gasteiger partial charge in [-0.15, -0.1) is 0 Å². The Morgan fingerprint density at radius 1 is 0.829 bits per heavy atom. The van der Waals surface area contributed by atoms with Gasteiger partial charge in [-0.1, -0.05) is 46.3 Å². The van der Waals surface area contributed by atoms with Crippen molar-refractivity contribution in [3.63, 3.8) is 0 Å². The lowest BCUT2D eigenvalue weighted by atomic mass is 9.33. The first-order valence-corrected chi connectivity index (χ1v) is 13.9. The van der Waals surface area contributed by atoms with Gasteiger partial charge in [0, 0.05) is 0 Å². The predicted molar refractivity (Wildman–Crippen MR) is 135 cm³/mol. The van der Waals surface area contributed by atoms with Crippen LogP contribution in [0.1, 0.15) is 106 Å². The first kappa shape index (κ1) is 25.3. The van der Waals surface area contributed by atoms with E-state index in [0.717, 1.165) is 57.8 Å². The van der Waals surface area contributed by atoms with Gasteiger partial charge >= 0.3 is 11.9 Å². The quantitative estimate of drug-likeness (QED) is 0.398. The molecule has 0 aromatic carbocycles. The fourth-order valence-electron chi connectivity index (χ4n) is 10.6. The van der Waals surface area contributed by atoms with Crippen molar-refractivity contribution < 1.29 is 24.9 Å². The summed E-state index contributed by atoms with van der Waals surface area (Å²) < 4.78 is 0. The zero-order chi connectivity index (χ0) is 25.8. The Balaban J connectivity index is 1.60. The van der Waals surface area contributed by atoms with Gasteiger partial charge in [-0.2, -0.15) is 0 Å². The molecule has 5 nitrogen and oxygen atoms in total. The van der Waals surface area contributed by atoms with Gasteiger partial charge in [0.1, 0.15) is 0 Å². The maximum atomic E-state index is 12.8. The Morgan fingerprint density at radius 3 is 2.11 bits per heavy atom. The van der Waals surface area contributed by atoms with E-state index in [1.165, 1.54) is 5.57 Å². The Labute approximate surface area is 210 Å². The van der Waals surface area contributed by atoms with E-state index < -0.39 is 28.9 Å². The SMILES string of the molecule is CC1(C)CC[C@@]2(C(=O)O)CC[C@@]3(C)C(=CC[C@H]4[C@@]5(C)CC[C@H](O)[C@@](C)(C(=O)O)[C@@H]5CC[C@@]43C)[C@@H]2C1. The van der Waals surface area contributed by atoms with E-state index in [0.29, 0.717) is 12.3 Å². The van der Waals surface area contributed by atoms with E-state index in [-0.39, 0.29) is 33.5 Å². The standard InChI is InChI=1S/C30H46O5/c1-25(2)13-15-30(24(34)35)16-14-27(4)18(19(30)17-25)7-8-20-26(3)11-10-22(31)29(6,23(32)33)21(26)9-12-28(20,27)5/h7,19-22,31H,8-17H2,1-6H3,(H,32,33)(H,34,35)/t19-,20-,21+,22-,26+,27-,28-,29-,30+/m0/s1. The zero-order valence-electron chi connectivity index (χ0n) is 22.6. The predicted octanol–water partition coefficient (Wildman–Crippen LogP) is 6.30. The number of hydrogen-bond donors (Lipinski definition) is 3. The summed E-state index contributed by atoms with van der Waals surface area (Å²) in [6.07, 6.45) is 9.97. The van der Waals surface area contributed by atoms with Gasteiger partial charge < -0.3 is 15.3 Å². The van der Waals surface area contributed by atoms with Crippen molar-refractivity contribution in [3.8, 4) is 0 Å². The number of fused-ring (bicyclic) bond motifs is 7. The van der Waals surface area contributed by atoms with E-state index in [1.807, 2.05) is 0 Å². The summed E-state index contributed by atoms with van der Waals surface area (Å²) in [5.74, 6) is -1.10. The minimum Gasteiger partial charge on any atom is -0.481 e. The van der Waals surface area contributed by atoms with Gasteiger partial charge in [0.2, 0.25) is 0 Å². The van der Waals surface area contributed by atoms with E-state index >= 15 is 0 Å². The van der Waals surface area contributed by atoms with Crippen LogP contribution in [-0.2, 0) is 9.59 Å². The van der Waals surface area contributed by atoms with Crippen LogP contribution >= 0.6 is 0 Å². The Hall–Kier alpha value is -1.36. The molecule has 5 heteroatoms. The van der Waals surface area contributed by atoms with Crippen LogP contribution in [0, 0.1) is 50.2 Å². The minimum absolute atomic E-state index is 0.00368. The molecule has 196 valence electrons. The third-order valence-corrected chi connectivity index (χ3v) is 13.2. The van der Waals surface area contributed by atoms with Crippen molar-refractivity contribution in [1.82, 2.24) is 0 Å². The summed E-state index contributed by atoms with van der Waals surface area (Å²) in [6, 6.07) is 0. The lowest BCUT2D eigenvalue weighted by Crippen LogP contribution is -2.66. The molecule has 0 radical (unpaired) electrons. The molecule has 3 N–H and O–H groups in total. The summed E-state index contributed by atoms with van der Waals surface area (Å²) in [6.45, 7) is 13.5. The van der Waals surface area contributed by atoms with Gasteiger partial charge in [-0.3, -0.25) is 9.59 Å². The smallest absolute Gasteiger partial charge is 0.312 e. The molecule has 5 aliphatic carbocycles. The van der Waals surface area contributed by atoms with Crippen molar-refractivity contribution in [2.75, 3.05) is 0 Å². The van der Waals surface area contributed by atoms with Gasteiger partial charge in [0.05, 0.1) is 16.9 Å². The normalized spacial score (nSPS) is 52.7. The number of carboxylic acid groups (broad SMARTS) is 2. The number of rotatable bonds is 2. The highest BCUT2D eigenvalue weighted by Gasteiger charge is 2.70. The summed E-state index contributed by atoms with van der Waals surface area (Å²) in [5, 5.41) is 31.6. The summed E-state index contributed by atoms with van der Waals surface area (Å²) in [4.78, 5) is 25.3. The van der Waals surface area contributed by atoms with Gasteiger partial charge in [-0.05, 0) is 111 Å². The fraction of sp³-hybridized carbons (Fsp3) is 0.867. The number of hydrogen-bond acceptors (Lipinski definition) is 3. The molecule has 0 amide bonds. The topological polar surface area (TPSA) is 94.8 Å². The lowest BCUT2D eigenvalue weighted by Gasteiger charge is -2.70. The van der Waals surface area contributed by atoms with Gasteiger partial charge in [0.15, 0.2) is 0 Å². The van der Waals surface area contributed by atoms with Crippen molar-refractivity contribution in [3.05, 3.63) is 11.6 Å². The van der Waals surface area contributed by atoms with Crippen LogP contribution < -0.4 is 0 Å². The molecule has 0 aromatic heterocycles. The van der Waals surface area contributed by atoms with Gasteiger partial charge in [-0.25, -0.2) is 0 Å². The summed E-state index contributed by atoms with van der Waals surface area (Å²) >= 11 is 0. The third-order valence-electron chi connectivity index (χ3n) is 13.2. The number of aliphatic hydroxyl groups is 1. The van der Waals surface area contributed by atoms with E-state index in [1.54, 1.807) is 6.92 Å². The fourth-order valence-corrected chi connectivity index (χ4v) is 10.6. The lowest BCUT2D eigenvalue weighted by molar-refractivity contribution is -0.217. The molecule has 0 unspecified atom stereocenters. The maximum absolute atomic E-state index is 12.8. The second-order valence-electron chi connectivity index (χ2n) is 14.8. The summed E-state index contributed by atoms with van der Waals surface area (Å²) in [5.41, 5.74) is -0.437. The number of aliphatic hydroxyl groups excluding tert-OH is 1. The average Bonchev–Trinajstić information content (AvgIpc) is 2.76. The number of aliphatic carboxylic acids is 2. The van der Waals surface area contributed by atoms with Gasteiger partial charge in [0.25, 0.3) is 0 Å². The maximum Gasteiger partial charge on any atom is 0.312 e. The van der Waals surface area contributed by atoms with Crippen molar-refractivity contribution >= 4 is 11.9 Å². The zero-order valence-corrected chi connectivity index (χ0v) is 22.6. The highest BCUT2D eigenvalue weighted by atomic mass is 16.4. The largest absolute Gasteiger partial charge is 0.481 e. The molecule has 35 heavy (non-hydrogen) atoms. The molecule has 4 saturated carbocycles. The second-order valence-corrected chi connectivity index (χ2v) is 14.8. The monoisotopic (exact) mass is 486 g/mol. The molecule has 0 aromatic rings. The van der Waals surface area contributed by atoms with Crippen LogP contribution in [0.3, 0.4) is 0 Å². The van der Waals surface area contributed by atoms with Crippen LogP contribution in [-0.4, -0.2) is 33.4 Å². The number of allylic oxidation sites excluding steroid dienone is 2. The highest BCUT2D eigenvalue weighted by Crippen LogP contribution is 2.75. The molecule has 0 aliphatic heterocycles. The van der Waals surface area contributed by atoms with Crippen LogP contribution in [0.5, 0.6) is 0 Å². The first-order chi connectivity index (χ1) is 16.1. The highest BCUT2D eigenvalue weighted by molar-refractivity contribution is 5.77. The summed E-state index contributed by atoms with van der Waals surface area (Å²) in [7, 11) is 0. The Morgan fingerprint density at radius 2 is 1.49 bits per heavy atom. The van der Waals surface area contributed by atoms with Crippen LogP contribution in [0.4, 0.5) is 0 Å². The molecule has 5 aliphatic rings. The van der Waals surface area contributed by atoms with Crippen LogP contribution in [0.25, 0.3) is 0 Å². The molecule has 5 rings (SSSR count). The van der Waals surface area contributed by atoms with E-state index in [9.17, 15) is 24.9 Å². The molecular formula is C30H46O5. The van der Waals surface area contributed by atoms with Crippen molar-refractivity contribution in [1.29, 1.82) is 0 Å². The number of carboxylic acids is 2. The molecule has 0 saturated heterocycles. The van der Waals surface area contributed by atoms with Crippen molar-refractivity contribution in [2.24, 2.45) is 50.2 Å². The average molecular weight is 487 g/mol. The van der Waals surface area contributed by atoms with Crippen LogP contribution in [0.15, 0.2) is 11.6 Å². The first-order valence-electron chi connectivity index (χ1n) is 13.9. The Kier molecular flexibility index (Phi) is 5.32. The minimum atomic E-state index is -1.11. The molecule has 0 spiro atoms. The third kappa shape index (κ3) is 2.97. The molecule has 4 fully saturated rings. The van der Waals surface area contributed by atoms with E-state index in [4.69, 9.17) is 0 Å². The molecule has 0 heterocycles. The molecule has 0 bridgehead atoms.